The molecule has 18 heavy (non-hydrogen) atoms. The van der Waals surface area contributed by atoms with Gasteiger partial charge in [0.1, 0.15) is 0 Å². The van der Waals surface area contributed by atoms with Gasteiger partial charge in [-0.15, -0.1) is 0 Å². The molecule has 0 aliphatic heterocycles. The molecule has 0 atom stereocenters. The summed E-state index contributed by atoms with van der Waals surface area (Å²) < 4.78 is 2.15. The molecule has 1 heterocycles. The summed E-state index contributed by atoms with van der Waals surface area (Å²) >= 11 is 0. The molecule has 1 aromatic heterocycles. The minimum atomic E-state index is 0.869. The first-order chi connectivity index (χ1) is 8.49. The normalized spacial score (nSPS) is 10.7. The van der Waals surface area contributed by atoms with E-state index in [0.29, 0.717) is 0 Å². The second-order valence-corrected chi connectivity index (χ2v) is 5.16. The molecule has 2 heteroatoms. The summed E-state index contributed by atoms with van der Waals surface area (Å²) in [4.78, 5) is 0. The van der Waals surface area contributed by atoms with E-state index in [1.807, 2.05) is 0 Å². The van der Waals surface area contributed by atoms with E-state index in [1.54, 1.807) is 0 Å². The molecule has 0 aliphatic rings. The number of benzene rings is 1. The Balaban J connectivity index is 2.21. The molecule has 0 saturated heterocycles. The maximum atomic E-state index is 3.50. The van der Waals surface area contributed by atoms with Gasteiger partial charge in [-0.2, -0.15) is 0 Å². The van der Waals surface area contributed by atoms with Crippen LogP contribution in [0.3, 0.4) is 0 Å². The third kappa shape index (κ3) is 2.42. The van der Waals surface area contributed by atoms with E-state index in [2.05, 4.69) is 69.0 Å². The summed E-state index contributed by atoms with van der Waals surface area (Å²) in [6, 6.07) is 8.77. The van der Waals surface area contributed by atoms with Crippen molar-refractivity contribution in [3.05, 3.63) is 57.9 Å². The Labute approximate surface area is 110 Å². The highest BCUT2D eigenvalue weighted by Crippen LogP contribution is 2.17. The lowest BCUT2D eigenvalue weighted by atomic mass is 10.00. The van der Waals surface area contributed by atoms with E-state index in [9.17, 15) is 0 Å². The van der Waals surface area contributed by atoms with Crippen LogP contribution in [0.4, 0.5) is 0 Å². The molecule has 0 radical (unpaired) electrons. The number of aryl methyl sites for hydroxylation is 5. The molecule has 0 aliphatic carbocycles. The first-order valence-corrected chi connectivity index (χ1v) is 6.44. The fourth-order valence-electron chi connectivity index (χ4n) is 2.56. The van der Waals surface area contributed by atoms with Crippen molar-refractivity contribution in [3.63, 3.8) is 0 Å². The molecule has 1 aromatic carbocycles. The van der Waals surface area contributed by atoms with E-state index < -0.39 is 0 Å². The second kappa shape index (κ2) is 4.89. The Hall–Kier alpha value is -1.70. The molecular weight excluding hydrogens is 220 g/mol. The Morgan fingerprint density at radius 1 is 0.889 bits per heavy atom. The summed E-state index contributed by atoms with van der Waals surface area (Å²) in [5.41, 5.74) is 11.4. The largest absolute Gasteiger partial charge is 0.322 e. The average molecular weight is 242 g/mol. The van der Waals surface area contributed by atoms with Crippen LogP contribution in [0.5, 0.6) is 0 Å². The molecule has 1 N–H and O–H groups in total. The Kier molecular flexibility index (Phi) is 3.46. The predicted octanol–water partition coefficient (Wildman–Crippen LogP) is 3.77. The van der Waals surface area contributed by atoms with Crippen LogP contribution in [0, 0.1) is 34.6 Å². The number of hydrogen-bond acceptors (Lipinski definition) is 1. The van der Waals surface area contributed by atoms with Gasteiger partial charge in [-0.25, -0.2) is 0 Å². The van der Waals surface area contributed by atoms with E-state index in [-0.39, 0.29) is 0 Å². The zero-order chi connectivity index (χ0) is 13.3. The lowest BCUT2D eigenvalue weighted by molar-refractivity contribution is 0.787. The van der Waals surface area contributed by atoms with Gasteiger partial charge < -0.3 is 5.43 Å². The van der Waals surface area contributed by atoms with Crippen molar-refractivity contribution < 1.29 is 0 Å². The highest BCUT2D eigenvalue weighted by Gasteiger charge is 2.05. The molecule has 0 unspecified atom stereocenters. The van der Waals surface area contributed by atoms with Crippen LogP contribution in [-0.2, 0) is 6.54 Å². The number of nitrogens with one attached hydrogen (secondary N) is 1. The quantitative estimate of drug-likeness (QED) is 0.867. The van der Waals surface area contributed by atoms with Crippen molar-refractivity contribution in [1.82, 2.24) is 4.68 Å². The molecule has 0 fully saturated rings. The number of nitrogens with zero attached hydrogens (tertiary/aromatic N) is 1. The van der Waals surface area contributed by atoms with Crippen molar-refractivity contribution in [2.24, 2.45) is 0 Å². The van der Waals surface area contributed by atoms with Crippen LogP contribution in [0.1, 0.15) is 33.6 Å². The smallest absolute Gasteiger partial charge is 0.0569 e. The van der Waals surface area contributed by atoms with Crippen molar-refractivity contribution in [1.29, 1.82) is 0 Å². The monoisotopic (exact) mass is 242 g/mol. The lowest BCUT2D eigenvalue weighted by Gasteiger charge is -2.16. The van der Waals surface area contributed by atoms with Crippen LogP contribution in [-0.4, -0.2) is 4.68 Å². The SMILES string of the molecule is Cc1cc(C)c(CNn2c(C)ccc2C)c(C)c1. The van der Waals surface area contributed by atoms with Gasteiger partial charge in [0, 0.05) is 11.4 Å². The van der Waals surface area contributed by atoms with Crippen molar-refractivity contribution >= 4 is 0 Å². The molecule has 0 saturated carbocycles. The van der Waals surface area contributed by atoms with Crippen molar-refractivity contribution in [2.75, 3.05) is 5.43 Å². The minimum Gasteiger partial charge on any atom is -0.322 e. The van der Waals surface area contributed by atoms with Crippen LogP contribution in [0.2, 0.25) is 0 Å². The molecule has 2 rings (SSSR count). The van der Waals surface area contributed by atoms with E-state index >= 15 is 0 Å². The van der Waals surface area contributed by atoms with Crippen LogP contribution in [0.15, 0.2) is 24.3 Å². The molecule has 0 spiro atoms. The van der Waals surface area contributed by atoms with Crippen molar-refractivity contribution in [2.45, 2.75) is 41.2 Å². The number of aromatic nitrogens is 1. The van der Waals surface area contributed by atoms with Gasteiger partial charge in [0.05, 0.1) is 6.54 Å². The zero-order valence-corrected chi connectivity index (χ0v) is 12.0. The maximum absolute atomic E-state index is 3.50. The topological polar surface area (TPSA) is 17.0 Å². The highest BCUT2D eigenvalue weighted by atomic mass is 15.4. The molecule has 0 bridgehead atoms. The zero-order valence-electron chi connectivity index (χ0n) is 12.0. The van der Waals surface area contributed by atoms with Crippen LogP contribution in [0.25, 0.3) is 0 Å². The molecular formula is C16H22N2. The predicted molar refractivity (Wildman–Crippen MR) is 77.6 cm³/mol. The fraction of sp³-hybridized carbons (Fsp3) is 0.375. The average Bonchev–Trinajstić information content (AvgIpc) is 2.58. The molecule has 2 aromatic rings. The van der Waals surface area contributed by atoms with Gasteiger partial charge in [-0.3, -0.25) is 4.68 Å². The Morgan fingerprint density at radius 3 is 1.89 bits per heavy atom. The van der Waals surface area contributed by atoms with Crippen molar-refractivity contribution in [3.8, 4) is 0 Å². The van der Waals surface area contributed by atoms with Gasteiger partial charge in [-0.1, -0.05) is 17.7 Å². The van der Waals surface area contributed by atoms with E-state index in [0.717, 1.165) is 6.54 Å². The van der Waals surface area contributed by atoms with E-state index in [4.69, 9.17) is 0 Å². The Bertz CT molecular complexity index is 522. The highest BCUT2D eigenvalue weighted by molar-refractivity contribution is 5.38. The number of hydrogen-bond donors (Lipinski definition) is 1. The second-order valence-electron chi connectivity index (χ2n) is 5.16. The summed E-state index contributed by atoms with van der Waals surface area (Å²) in [7, 11) is 0. The number of rotatable bonds is 3. The first kappa shape index (κ1) is 12.7. The molecule has 0 amide bonds. The standard InChI is InChI=1S/C16H22N2/c1-11-8-12(2)16(13(3)9-11)10-17-18-14(4)6-7-15(18)5/h6-9,17H,10H2,1-5H3. The minimum absolute atomic E-state index is 0.869. The summed E-state index contributed by atoms with van der Waals surface area (Å²) in [5.74, 6) is 0. The third-order valence-electron chi connectivity index (χ3n) is 3.53. The maximum Gasteiger partial charge on any atom is 0.0569 e. The third-order valence-corrected chi connectivity index (χ3v) is 3.53. The molecule has 96 valence electrons. The van der Waals surface area contributed by atoms with Gasteiger partial charge in [0.15, 0.2) is 0 Å². The van der Waals surface area contributed by atoms with Gasteiger partial charge in [0.2, 0.25) is 0 Å². The van der Waals surface area contributed by atoms with Crippen LogP contribution >= 0.6 is 0 Å². The fourth-order valence-corrected chi connectivity index (χ4v) is 2.56. The summed E-state index contributed by atoms with van der Waals surface area (Å²) in [6.45, 7) is 11.6. The first-order valence-electron chi connectivity index (χ1n) is 6.44. The van der Waals surface area contributed by atoms with E-state index in [1.165, 1.54) is 33.6 Å². The van der Waals surface area contributed by atoms with Gasteiger partial charge in [0.25, 0.3) is 0 Å². The Morgan fingerprint density at radius 2 is 1.39 bits per heavy atom. The van der Waals surface area contributed by atoms with Gasteiger partial charge in [-0.05, 0) is 63.4 Å². The molecule has 2 nitrogen and oxygen atoms in total. The van der Waals surface area contributed by atoms with Crippen LogP contribution < -0.4 is 5.43 Å². The van der Waals surface area contributed by atoms with Gasteiger partial charge >= 0.3 is 0 Å². The lowest BCUT2D eigenvalue weighted by Crippen LogP contribution is -2.18. The summed E-state index contributed by atoms with van der Waals surface area (Å²) in [5, 5.41) is 0. The summed E-state index contributed by atoms with van der Waals surface area (Å²) in [6.07, 6.45) is 0.